The lowest BCUT2D eigenvalue weighted by atomic mass is 10.2. The van der Waals surface area contributed by atoms with Gasteiger partial charge >= 0.3 is 0 Å². The summed E-state index contributed by atoms with van der Waals surface area (Å²) in [5.41, 5.74) is 6.11. The Hall–Kier alpha value is -1.33. The van der Waals surface area contributed by atoms with Gasteiger partial charge in [-0.1, -0.05) is 23.8 Å². The number of halogens is 1. The fraction of sp³-hybridized carbons (Fsp3) is 0.273. The Labute approximate surface area is 110 Å². The molecule has 0 bridgehead atoms. The van der Waals surface area contributed by atoms with E-state index in [1.54, 1.807) is 25.1 Å². The standard InChI is InChI=1S/C11H13ClN2O2S/c1-6(11(15)14-2)16-9-5-7(12)3-4-8(9)10(13)17/h3-6H,1-2H3,(H2,13,17)(H,14,15). The molecule has 1 amide bonds. The fourth-order valence-corrected chi connectivity index (χ4v) is 1.58. The molecule has 4 nitrogen and oxygen atoms in total. The Bertz CT molecular complexity index is 451. The number of nitrogens with one attached hydrogen (secondary N) is 1. The van der Waals surface area contributed by atoms with Gasteiger partial charge in [0, 0.05) is 12.1 Å². The monoisotopic (exact) mass is 272 g/mol. The van der Waals surface area contributed by atoms with Crippen LogP contribution in [0.4, 0.5) is 0 Å². The molecule has 0 fully saturated rings. The molecule has 0 spiro atoms. The lowest BCUT2D eigenvalue weighted by Crippen LogP contribution is -2.34. The Morgan fingerprint density at radius 3 is 2.76 bits per heavy atom. The average molecular weight is 273 g/mol. The van der Waals surface area contributed by atoms with Gasteiger partial charge in [-0.2, -0.15) is 0 Å². The van der Waals surface area contributed by atoms with Crippen LogP contribution in [0.25, 0.3) is 0 Å². The smallest absolute Gasteiger partial charge is 0.260 e. The number of carbonyl (C=O) groups is 1. The predicted octanol–water partition coefficient (Wildman–Crippen LogP) is 1.49. The fourth-order valence-electron chi connectivity index (χ4n) is 1.24. The molecule has 1 unspecified atom stereocenters. The van der Waals surface area contributed by atoms with Crippen LogP contribution in [0.3, 0.4) is 0 Å². The number of hydrogen-bond acceptors (Lipinski definition) is 3. The van der Waals surface area contributed by atoms with Gasteiger partial charge in [-0.15, -0.1) is 0 Å². The SMILES string of the molecule is CNC(=O)C(C)Oc1cc(Cl)ccc1C(N)=S. The van der Waals surface area contributed by atoms with Crippen LogP contribution >= 0.6 is 23.8 Å². The number of rotatable bonds is 4. The second-order valence-electron chi connectivity index (χ2n) is 3.38. The number of amides is 1. The van der Waals surface area contributed by atoms with E-state index in [-0.39, 0.29) is 10.9 Å². The van der Waals surface area contributed by atoms with Crippen molar-refractivity contribution in [1.29, 1.82) is 0 Å². The molecule has 1 aromatic rings. The van der Waals surface area contributed by atoms with Gasteiger partial charge in [0.15, 0.2) is 6.10 Å². The molecule has 0 aliphatic carbocycles. The minimum atomic E-state index is -0.647. The number of nitrogens with two attached hydrogens (primary N) is 1. The van der Waals surface area contributed by atoms with Crippen LogP contribution in [0.2, 0.25) is 5.02 Å². The largest absolute Gasteiger partial charge is 0.480 e. The summed E-state index contributed by atoms with van der Waals surface area (Å²) in [5, 5.41) is 2.98. The van der Waals surface area contributed by atoms with Crippen LogP contribution in [0.5, 0.6) is 5.75 Å². The van der Waals surface area contributed by atoms with E-state index in [2.05, 4.69) is 5.32 Å². The van der Waals surface area contributed by atoms with Crippen molar-refractivity contribution < 1.29 is 9.53 Å². The maximum Gasteiger partial charge on any atom is 0.260 e. The Morgan fingerprint density at radius 1 is 1.59 bits per heavy atom. The van der Waals surface area contributed by atoms with Crippen LogP contribution in [-0.4, -0.2) is 24.0 Å². The van der Waals surface area contributed by atoms with Crippen LogP contribution in [0.1, 0.15) is 12.5 Å². The third kappa shape index (κ3) is 3.57. The van der Waals surface area contributed by atoms with Crippen molar-refractivity contribution in [3.8, 4) is 5.75 Å². The molecule has 17 heavy (non-hydrogen) atoms. The third-order valence-electron chi connectivity index (χ3n) is 2.13. The molecule has 3 N–H and O–H groups in total. The summed E-state index contributed by atoms with van der Waals surface area (Å²) in [6.45, 7) is 1.63. The first-order chi connectivity index (χ1) is 7.95. The number of benzene rings is 1. The summed E-state index contributed by atoms with van der Waals surface area (Å²) in [6.07, 6.45) is -0.647. The minimum Gasteiger partial charge on any atom is -0.480 e. The van der Waals surface area contributed by atoms with Crippen molar-refractivity contribution in [2.24, 2.45) is 5.73 Å². The van der Waals surface area contributed by atoms with Crippen molar-refractivity contribution in [2.75, 3.05) is 7.05 Å². The molecular formula is C11H13ClN2O2S. The lowest BCUT2D eigenvalue weighted by molar-refractivity contribution is -0.126. The van der Waals surface area contributed by atoms with E-state index >= 15 is 0 Å². The molecule has 0 heterocycles. The van der Waals surface area contributed by atoms with Crippen molar-refractivity contribution in [1.82, 2.24) is 5.32 Å². The zero-order chi connectivity index (χ0) is 13.0. The van der Waals surface area contributed by atoms with E-state index < -0.39 is 6.10 Å². The zero-order valence-electron chi connectivity index (χ0n) is 9.49. The Kier molecular flexibility index (Phi) is 4.72. The van der Waals surface area contributed by atoms with E-state index in [1.807, 2.05) is 0 Å². The summed E-state index contributed by atoms with van der Waals surface area (Å²) in [7, 11) is 1.54. The van der Waals surface area contributed by atoms with E-state index in [0.717, 1.165) is 0 Å². The average Bonchev–Trinajstić information content (AvgIpc) is 2.27. The summed E-state index contributed by atoms with van der Waals surface area (Å²) in [5.74, 6) is 0.167. The topological polar surface area (TPSA) is 64.3 Å². The van der Waals surface area contributed by atoms with Gasteiger partial charge < -0.3 is 15.8 Å². The van der Waals surface area contributed by atoms with Crippen LogP contribution in [0.15, 0.2) is 18.2 Å². The zero-order valence-corrected chi connectivity index (χ0v) is 11.1. The Morgan fingerprint density at radius 2 is 2.24 bits per heavy atom. The van der Waals surface area contributed by atoms with Crippen molar-refractivity contribution in [3.63, 3.8) is 0 Å². The quantitative estimate of drug-likeness (QED) is 0.815. The molecule has 6 heteroatoms. The first-order valence-corrected chi connectivity index (χ1v) is 5.72. The number of ether oxygens (including phenoxy) is 1. The second-order valence-corrected chi connectivity index (χ2v) is 4.26. The van der Waals surface area contributed by atoms with Gasteiger partial charge in [0.2, 0.25) is 0 Å². The van der Waals surface area contributed by atoms with Crippen molar-refractivity contribution in [3.05, 3.63) is 28.8 Å². The van der Waals surface area contributed by atoms with Crippen molar-refractivity contribution in [2.45, 2.75) is 13.0 Å². The normalized spacial score (nSPS) is 11.7. The maximum absolute atomic E-state index is 11.3. The van der Waals surface area contributed by atoms with Gasteiger partial charge in [0.1, 0.15) is 10.7 Å². The number of hydrogen-bond donors (Lipinski definition) is 2. The highest BCUT2D eigenvalue weighted by Gasteiger charge is 2.16. The summed E-state index contributed by atoms with van der Waals surface area (Å²) >= 11 is 10.7. The van der Waals surface area contributed by atoms with Crippen LogP contribution in [-0.2, 0) is 4.79 Å². The lowest BCUT2D eigenvalue weighted by Gasteiger charge is -2.16. The highest BCUT2D eigenvalue weighted by Crippen LogP contribution is 2.24. The number of carbonyl (C=O) groups excluding carboxylic acids is 1. The maximum atomic E-state index is 11.3. The molecule has 0 aromatic heterocycles. The van der Waals surface area contributed by atoms with Gasteiger partial charge in [0.05, 0.1) is 5.56 Å². The first-order valence-electron chi connectivity index (χ1n) is 4.93. The van der Waals surface area contributed by atoms with E-state index in [4.69, 9.17) is 34.3 Å². The predicted molar refractivity (Wildman–Crippen MR) is 71.5 cm³/mol. The molecule has 0 saturated carbocycles. The number of thiocarbonyl (C=S) groups is 1. The highest BCUT2D eigenvalue weighted by atomic mass is 35.5. The van der Waals surface area contributed by atoms with E-state index in [9.17, 15) is 4.79 Å². The molecule has 0 radical (unpaired) electrons. The summed E-state index contributed by atoms with van der Waals surface area (Å²) < 4.78 is 5.48. The second kappa shape index (κ2) is 5.84. The highest BCUT2D eigenvalue weighted by molar-refractivity contribution is 7.80. The molecular weight excluding hydrogens is 260 g/mol. The molecule has 92 valence electrons. The van der Waals surface area contributed by atoms with Crippen molar-refractivity contribution >= 4 is 34.7 Å². The number of likely N-dealkylation sites (N-methyl/N-ethyl adjacent to an activating group) is 1. The minimum absolute atomic E-state index is 0.195. The van der Waals surface area contributed by atoms with E-state index in [1.165, 1.54) is 7.05 Å². The molecule has 0 saturated heterocycles. The summed E-state index contributed by atoms with van der Waals surface area (Å²) in [6, 6.07) is 4.90. The van der Waals surface area contributed by atoms with Gasteiger partial charge in [-0.25, -0.2) is 0 Å². The molecule has 0 aliphatic rings. The summed E-state index contributed by atoms with van der Waals surface area (Å²) in [4.78, 5) is 11.5. The first kappa shape index (κ1) is 13.7. The van der Waals surface area contributed by atoms with Gasteiger partial charge in [-0.3, -0.25) is 4.79 Å². The van der Waals surface area contributed by atoms with Gasteiger partial charge in [-0.05, 0) is 25.1 Å². The Balaban J connectivity index is 3.00. The van der Waals surface area contributed by atoms with Gasteiger partial charge in [0.25, 0.3) is 5.91 Å². The van der Waals surface area contributed by atoms with E-state index in [0.29, 0.717) is 16.3 Å². The molecule has 1 rings (SSSR count). The molecule has 1 aromatic carbocycles. The van der Waals surface area contributed by atoms with Crippen LogP contribution in [0, 0.1) is 0 Å². The molecule has 1 atom stereocenters. The molecule has 0 aliphatic heterocycles. The third-order valence-corrected chi connectivity index (χ3v) is 2.58. The van der Waals surface area contributed by atoms with Crippen LogP contribution < -0.4 is 15.8 Å².